The number of rotatable bonds is 4. The Morgan fingerprint density at radius 3 is 3.11 bits per heavy atom. The Kier molecular flexibility index (Phi) is 5.11. The predicted octanol–water partition coefficient (Wildman–Crippen LogP) is 1.22. The zero-order valence-electron chi connectivity index (χ0n) is 10.5. The number of carbonyl (C=O) groups is 2. The first-order chi connectivity index (χ1) is 8.75. The van der Waals surface area contributed by atoms with Crippen LogP contribution in [0.15, 0.2) is 11.6 Å². The molecule has 0 saturated carbocycles. The molecule has 2 rings (SSSR count). The third-order valence-corrected chi connectivity index (χ3v) is 4.34. The second-order valence-corrected chi connectivity index (χ2v) is 5.81. The summed E-state index contributed by atoms with van der Waals surface area (Å²) in [5.74, 6) is 1.06. The molecule has 1 aliphatic carbocycles. The lowest BCUT2D eigenvalue weighted by molar-refractivity contribution is -0.127. The van der Waals surface area contributed by atoms with Crippen LogP contribution in [0.5, 0.6) is 0 Å². The Morgan fingerprint density at radius 1 is 1.50 bits per heavy atom. The minimum Gasteiger partial charge on any atom is -0.354 e. The average Bonchev–Trinajstić information content (AvgIpc) is 2.40. The van der Waals surface area contributed by atoms with E-state index in [4.69, 9.17) is 0 Å². The monoisotopic (exact) mass is 268 g/mol. The fourth-order valence-corrected chi connectivity index (χ4v) is 3.15. The first kappa shape index (κ1) is 13.5. The first-order valence-electron chi connectivity index (χ1n) is 6.58. The highest BCUT2D eigenvalue weighted by molar-refractivity contribution is 8.00. The molecule has 1 saturated heterocycles. The van der Waals surface area contributed by atoms with Crippen molar-refractivity contribution in [1.82, 2.24) is 10.6 Å². The maximum absolute atomic E-state index is 11.8. The van der Waals surface area contributed by atoms with Crippen molar-refractivity contribution in [2.45, 2.75) is 38.1 Å². The minimum absolute atomic E-state index is 0.0404. The zero-order chi connectivity index (χ0) is 12.8. The lowest BCUT2D eigenvalue weighted by atomic mass is 9.97. The molecule has 0 aromatic heterocycles. The second-order valence-electron chi connectivity index (χ2n) is 4.78. The molecule has 1 heterocycles. The van der Waals surface area contributed by atoms with E-state index in [1.54, 1.807) is 0 Å². The summed E-state index contributed by atoms with van der Waals surface area (Å²) in [6.45, 7) is 0.682. The molecule has 1 aliphatic heterocycles. The van der Waals surface area contributed by atoms with Crippen LogP contribution < -0.4 is 10.6 Å². The third kappa shape index (κ3) is 4.05. The highest BCUT2D eigenvalue weighted by Gasteiger charge is 2.24. The van der Waals surface area contributed by atoms with Crippen molar-refractivity contribution in [3.8, 4) is 0 Å². The van der Waals surface area contributed by atoms with Crippen molar-refractivity contribution >= 4 is 23.6 Å². The quantitative estimate of drug-likeness (QED) is 0.754. The number of thioether (sulfide) groups is 1. The van der Waals surface area contributed by atoms with E-state index >= 15 is 0 Å². The van der Waals surface area contributed by atoms with E-state index < -0.39 is 0 Å². The fraction of sp³-hybridized carbons (Fsp3) is 0.692. The van der Waals surface area contributed by atoms with Crippen LogP contribution in [0.3, 0.4) is 0 Å². The smallest absolute Gasteiger partial charge is 0.243 e. The molecule has 0 aromatic rings. The molecule has 2 amide bonds. The van der Waals surface area contributed by atoms with Crippen molar-refractivity contribution in [1.29, 1.82) is 0 Å². The van der Waals surface area contributed by atoms with E-state index in [0.29, 0.717) is 18.1 Å². The predicted molar refractivity (Wildman–Crippen MR) is 73.4 cm³/mol. The highest BCUT2D eigenvalue weighted by Crippen LogP contribution is 2.19. The van der Waals surface area contributed by atoms with Gasteiger partial charge in [-0.05, 0) is 32.1 Å². The topological polar surface area (TPSA) is 58.2 Å². The maximum atomic E-state index is 11.8. The molecule has 1 atom stereocenters. The molecule has 4 nitrogen and oxygen atoms in total. The van der Waals surface area contributed by atoms with Crippen molar-refractivity contribution in [3.05, 3.63) is 11.6 Å². The maximum Gasteiger partial charge on any atom is 0.243 e. The van der Waals surface area contributed by atoms with Gasteiger partial charge in [0.15, 0.2) is 0 Å². The Hall–Kier alpha value is -0.970. The van der Waals surface area contributed by atoms with E-state index in [2.05, 4.69) is 16.7 Å². The van der Waals surface area contributed by atoms with Crippen LogP contribution in [0.2, 0.25) is 0 Å². The molecule has 5 heteroatoms. The van der Waals surface area contributed by atoms with Crippen LogP contribution in [0, 0.1) is 0 Å². The summed E-state index contributed by atoms with van der Waals surface area (Å²) in [5, 5.41) is 5.63. The highest BCUT2D eigenvalue weighted by atomic mass is 32.2. The van der Waals surface area contributed by atoms with Crippen molar-refractivity contribution in [3.63, 3.8) is 0 Å². The van der Waals surface area contributed by atoms with E-state index in [1.165, 1.54) is 43.0 Å². The SMILES string of the molecule is O=C1CSCC(C(=O)NCCC2=CCCCC2)N1. The van der Waals surface area contributed by atoms with Crippen LogP contribution >= 0.6 is 11.8 Å². The minimum atomic E-state index is -0.350. The molecule has 1 fully saturated rings. The molecular formula is C13H20N2O2S. The van der Waals surface area contributed by atoms with Gasteiger partial charge >= 0.3 is 0 Å². The molecule has 18 heavy (non-hydrogen) atoms. The first-order valence-corrected chi connectivity index (χ1v) is 7.74. The summed E-state index contributed by atoms with van der Waals surface area (Å²) in [7, 11) is 0. The zero-order valence-corrected chi connectivity index (χ0v) is 11.4. The van der Waals surface area contributed by atoms with Gasteiger partial charge in [-0.3, -0.25) is 9.59 Å². The number of hydrogen-bond donors (Lipinski definition) is 2. The molecule has 100 valence electrons. The van der Waals surface area contributed by atoms with Gasteiger partial charge in [-0.25, -0.2) is 0 Å². The standard InChI is InChI=1S/C13H20N2O2S/c16-12-9-18-8-11(15-12)13(17)14-7-6-10-4-2-1-3-5-10/h4,11H,1-3,5-9H2,(H,14,17)(H,15,16). The summed E-state index contributed by atoms with van der Waals surface area (Å²) in [6.07, 6.45) is 8.16. The Bertz CT molecular complexity index is 355. The Morgan fingerprint density at radius 2 is 2.39 bits per heavy atom. The van der Waals surface area contributed by atoms with Gasteiger partial charge in [-0.2, -0.15) is 0 Å². The van der Waals surface area contributed by atoms with Crippen molar-refractivity contribution < 1.29 is 9.59 Å². The van der Waals surface area contributed by atoms with E-state index in [-0.39, 0.29) is 17.9 Å². The average molecular weight is 268 g/mol. The van der Waals surface area contributed by atoms with E-state index in [9.17, 15) is 9.59 Å². The molecule has 1 unspecified atom stereocenters. The molecule has 0 aromatic carbocycles. The van der Waals surface area contributed by atoms with Crippen LogP contribution in [-0.2, 0) is 9.59 Å². The van der Waals surface area contributed by atoms with Gasteiger partial charge in [-0.15, -0.1) is 11.8 Å². The summed E-state index contributed by atoms with van der Waals surface area (Å²) in [6, 6.07) is -0.350. The molecule has 2 N–H and O–H groups in total. The normalized spacial score (nSPS) is 24.1. The Balaban J connectivity index is 1.68. The fourth-order valence-electron chi connectivity index (χ4n) is 2.29. The Labute approximate surface area is 112 Å². The second kappa shape index (κ2) is 6.83. The van der Waals surface area contributed by atoms with Gasteiger partial charge < -0.3 is 10.6 Å². The van der Waals surface area contributed by atoms with Gasteiger partial charge in [0.25, 0.3) is 0 Å². The number of carbonyl (C=O) groups excluding carboxylic acids is 2. The lowest BCUT2D eigenvalue weighted by Gasteiger charge is -2.22. The van der Waals surface area contributed by atoms with Crippen LogP contribution in [0.1, 0.15) is 32.1 Å². The molecule has 0 spiro atoms. The summed E-state index contributed by atoms with van der Waals surface area (Å²) < 4.78 is 0. The number of nitrogens with one attached hydrogen (secondary N) is 2. The van der Waals surface area contributed by atoms with Gasteiger partial charge in [0, 0.05) is 12.3 Å². The van der Waals surface area contributed by atoms with Gasteiger partial charge in [0.05, 0.1) is 5.75 Å². The van der Waals surface area contributed by atoms with E-state index in [1.807, 2.05) is 0 Å². The van der Waals surface area contributed by atoms with Crippen molar-refractivity contribution in [2.24, 2.45) is 0 Å². The number of allylic oxidation sites excluding steroid dienone is 1. The third-order valence-electron chi connectivity index (χ3n) is 3.30. The largest absolute Gasteiger partial charge is 0.354 e. The summed E-state index contributed by atoms with van der Waals surface area (Å²) in [4.78, 5) is 23.0. The van der Waals surface area contributed by atoms with Crippen LogP contribution in [0.25, 0.3) is 0 Å². The van der Waals surface area contributed by atoms with Gasteiger partial charge in [0.1, 0.15) is 6.04 Å². The molecular weight excluding hydrogens is 248 g/mol. The van der Waals surface area contributed by atoms with E-state index in [0.717, 1.165) is 6.42 Å². The van der Waals surface area contributed by atoms with Crippen LogP contribution in [0.4, 0.5) is 0 Å². The van der Waals surface area contributed by atoms with Crippen molar-refractivity contribution in [2.75, 3.05) is 18.1 Å². The number of amides is 2. The summed E-state index contributed by atoms with van der Waals surface area (Å²) >= 11 is 1.52. The summed E-state index contributed by atoms with van der Waals surface area (Å²) in [5.41, 5.74) is 1.46. The molecule has 0 radical (unpaired) electrons. The van der Waals surface area contributed by atoms with Gasteiger partial charge in [-0.1, -0.05) is 11.6 Å². The van der Waals surface area contributed by atoms with Gasteiger partial charge in [0.2, 0.25) is 11.8 Å². The number of hydrogen-bond acceptors (Lipinski definition) is 3. The lowest BCUT2D eigenvalue weighted by Crippen LogP contribution is -2.51. The molecule has 2 aliphatic rings. The van der Waals surface area contributed by atoms with Crippen LogP contribution in [-0.4, -0.2) is 35.9 Å². The molecule has 0 bridgehead atoms.